The van der Waals surface area contributed by atoms with E-state index in [4.69, 9.17) is 17.4 Å². The number of hydrogen-bond acceptors (Lipinski definition) is 2. The molecule has 1 fully saturated rings. The number of nitrogens with two attached hydrogens (primary N) is 1. The van der Waals surface area contributed by atoms with Crippen molar-refractivity contribution >= 4 is 27.5 Å². The minimum atomic E-state index is 0.224. The SMILES string of the molecule is NNC(CC1CCCCC1)c1ccc(Cl)c(Br)c1. The summed E-state index contributed by atoms with van der Waals surface area (Å²) in [5, 5.41) is 0.743. The van der Waals surface area contributed by atoms with Crippen LogP contribution in [0.5, 0.6) is 0 Å². The summed E-state index contributed by atoms with van der Waals surface area (Å²) in [5.74, 6) is 6.51. The average Bonchev–Trinajstić information content (AvgIpc) is 2.40. The Hall–Kier alpha value is -0.0900. The van der Waals surface area contributed by atoms with Crippen LogP contribution in [0.3, 0.4) is 0 Å². The fraction of sp³-hybridized carbons (Fsp3) is 0.571. The Morgan fingerprint density at radius 1 is 1.33 bits per heavy atom. The fourth-order valence-electron chi connectivity index (χ4n) is 2.79. The van der Waals surface area contributed by atoms with E-state index >= 15 is 0 Å². The maximum Gasteiger partial charge on any atom is 0.0548 e. The van der Waals surface area contributed by atoms with Gasteiger partial charge in [0.05, 0.1) is 5.02 Å². The zero-order valence-corrected chi connectivity index (χ0v) is 12.8. The first-order chi connectivity index (χ1) is 8.70. The third-order valence-electron chi connectivity index (χ3n) is 3.84. The molecule has 4 heteroatoms. The Kier molecular flexibility index (Phi) is 5.49. The van der Waals surface area contributed by atoms with Crippen LogP contribution in [-0.4, -0.2) is 0 Å². The van der Waals surface area contributed by atoms with Crippen LogP contribution in [0.25, 0.3) is 0 Å². The average molecular weight is 332 g/mol. The Morgan fingerprint density at radius 2 is 2.06 bits per heavy atom. The summed E-state index contributed by atoms with van der Waals surface area (Å²) in [6.45, 7) is 0. The molecule has 1 atom stereocenters. The van der Waals surface area contributed by atoms with Crippen molar-refractivity contribution in [3.05, 3.63) is 33.3 Å². The molecule has 18 heavy (non-hydrogen) atoms. The monoisotopic (exact) mass is 330 g/mol. The molecule has 0 aromatic heterocycles. The summed E-state index contributed by atoms with van der Waals surface area (Å²) >= 11 is 9.49. The smallest absolute Gasteiger partial charge is 0.0548 e. The summed E-state index contributed by atoms with van der Waals surface area (Å²) in [5.41, 5.74) is 4.16. The number of nitrogens with one attached hydrogen (secondary N) is 1. The van der Waals surface area contributed by atoms with Gasteiger partial charge >= 0.3 is 0 Å². The summed E-state index contributed by atoms with van der Waals surface area (Å²) in [6, 6.07) is 6.27. The van der Waals surface area contributed by atoms with Crippen LogP contribution in [0.2, 0.25) is 5.02 Å². The molecule has 0 amide bonds. The van der Waals surface area contributed by atoms with Crippen molar-refractivity contribution in [3.8, 4) is 0 Å². The van der Waals surface area contributed by atoms with Crippen molar-refractivity contribution in [1.29, 1.82) is 0 Å². The van der Waals surface area contributed by atoms with Gasteiger partial charge in [-0.1, -0.05) is 49.8 Å². The van der Waals surface area contributed by atoms with Crippen LogP contribution in [-0.2, 0) is 0 Å². The van der Waals surface area contributed by atoms with Gasteiger partial charge in [-0.15, -0.1) is 0 Å². The lowest BCUT2D eigenvalue weighted by atomic mass is 9.83. The number of rotatable bonds is 4. The lowest BCUT2D eigenvalue weighted by Gasteiger charge is -2.26. The normalized spacial score (nSPS) is 18.8. The van der Waals surface area contributed by atoms with Gasteiger partial charge in [-0.2, -0.15) is 0 Å². The highest BCUT2D eigenvalue weighted by Crippen LogP contribution is 2.33. The lowest BCUT2D eigenvalue weighted by Crippen LogP contribution is -2.30. The van der Waals surface area contributed by atoms with E-state index in [0.717, 1.165) is 21.8 Å². The van der Waals surface area contributed by atoms with Crippen LogP contribution >= 0.6 is 27.5 Å². The lowest BCUT2D eigenvalue weighted by molar-refractivity contribution is 0.301. The van der Waals surface area contributed by atoms with Gasteiger partial charge in [0.2, 0.25) is 0 Å². The molecule has 1 aliphatic carbocycles. The molecule has 100 valence electrons. The summed E-state index contributed by atoms with van der Waals surface area (Å²) in [7, 11) is 0. The van der Waals surface area contributed by atoms with Crippen molar-refractivity contribution in [2.75, 3.05) is 0 Å². The molecule has 1 unspecified atom stereocenters. The minimum Gasteiger partial charge on any atom is -0.271 e. The molecular formula is C14H20BrClN2. The van der Waals surface area contributed by atoms with Crippen LogP contribution in [0.15, 0.2) is 22.7 Å². The number of halogens is 2. The first-order valence-electron chi connectivity index (χ1n) is 6.62. The Morgan fingerprint density at radius 3 is 2.67 bits per heavy atom. The predicted octanol–water partition coefficient (Wildman–Crippen LogP) is 4.58. The molecule has 0 aliphatic heterocycles. The third kappa shape index (κ3) is 3.70. The van der Waals surface area contributed by atoms with Crippen LogP contribution in [0, 0.1) is 5.92 Å². The molecule has 1 aromatic carbocycles. The maximum absolute atomic E-state index is 6.02. The van der Waals surface area contributed by atoms with Gasteiger partial charge in [-0.05, 0) is 46.0 Å². The second kappa shape index (κ2) is 6.90. The van der Waals surface area contributed by atoms with E-state index in [-0.39, 0.29) is 6.04 Å². The van der Waals surface area contributed by atoms with Gasteiger partial charge < -0.3 is 0 Å². The minimum absolute atomic E-state index is 0.224. The van der Waals surface area contributed by atoms with Crippen LogP contribution in [0.1, 0.15) is 50.1 Å². The first-order valence-corrected chi connectivity index (χ1v) is 7.79. The van der Waals surface area contributed by atoms with E-state index in [1.165, 1.54) is 37.7 Å². The highest BCUT2D eigenvalue weighted by molar-refractivity contribution is 9.10. The second-order valence-electron chi connectivity index (χ2n) is 5.13. The molecule has 0 radical (unpaired) electrons. The molecule has 0 heterocycles. The van der Waals surface area contributed by atoms with E-state index in [2.05, 4.69) is 33.5 Å². The van der Waals surface area contributed by atoms with Gasteiger partial charge in [-0.3, -0.25) is 11.3 Å². The fourth-order valence-corrected chi connectivity index (χ4v) is 3.30. The molecule has 3 N–H and O–H groups in total. The van der Waals surface area contributed by atoms with E-state index in [9.17, 15) is 0 Å². The number of benzene rings is 1. The molecular weight excluding hydrogens is 312 g/mol. The molecule has 1 aromatic rings. The van der Waals surface area contributed by atoms with Gasteiger partial charge in [0.15, 0.2) is 0 Å². The standard InChI is InChI=1S/C14H20BrClN2/c15-12-9-11(6-7-13(12)16)14(18-17)8-10-4-2-1-3-5-10/h6-7,9-10,14,18H,1-5,8,17H2. The van der Waals surface area contributed by atoms with E-state index in [1.54, 1.807) is 0 Å². The zero-order valence-electron chi connectivity index (χ0n) is 10.5. The number of hydrazine groups is 1. The van der Waals surface area contributed by atoms with Crippen LogP contribution in [0.4, 0.5) is 0 Å². The third-order valence-corrected chi connectivity index (χ3v) is 5.05. The zero-order chi connectivity index (χ0) is 13.0. The van der Waals surface area contributed by atoms with E-state index < -0.39 is 0 Å². The van der Waals surface area contributed by atoms with E-state index in [1.807, 2.05) is 6.07 Å². The van der Waals surface area contributed by atoms with Crippen molar-refractivity contribution in [2.45, 2.75) is 44.6 Å². The molecule has 0 saturated heterocycles. The molecule has 1 aliphatic rings. The molecule has 1 saturated carbocycles. The molecule has 2 nitrogen and oxygen atoms in total. The quantitative estimate of drug-likeness (QED) is 0.626. The number of hydrogen-bond donors (Lipinski definition) is 2. The van der Waals surface area contributed by atoms with Crippen molar-refractivity contribution in [3.63, 3.8) is 0 Å². The topological polar surface area (TPSA) is 38.0 Å². The van der Waals surface area contributed by atoms with E-state index in [0.29, 0.717) is 0 Å². The van der Waals surface area contributed by atoms with Crippen molar-refractivity contribution in [2.24, 2.45) is 11.8 Å². The maximum atomic E-state index is 6.02. The second-order valence-corrected chi connectivity index (χ2v) is 6.39. The highest BCUT2D eigenvalue weighted by Gasteiger charge is 2.19. The van der Waals surface area contributed by atoms with Crippen LogP contribution < -0.4 is 11.3 Å². The first kappa shape index (κ1) is 14.3. The summed E-state index contributed by atoms with van der Waals surface area (Å²) in [4.78, 5) is 0. The van der Waals surface area contributed by atoms with Gasteiger partial charge in [0.1, 0.15) is 0 Å². The van der Waals surface area contributed by atoms with Crippen molar-refractivity contribution in [1.82, 2.24) is 5.43 Å². The highest BCUT2D eigenvalue weighted by atomic mass is 79.9. The Bertz CT molecular complexity index is 391. The van der Waals surface area contributed by atoms with Crippen molar-refractivity contribution < 1.29 is 0 Å². The summed E-state index contributed by atoms with van der Waals surface area (Å²) in [6.07, 6.45) is 7.92. The molecule has 0 bridgehead atoms. The molecule has 2 rings (SSSR count). The van der Waals surface area contributed by atoms with Gasteiger partial charge in [-0.25, -0.2) is 0 Å². The Balaban J connectivity index is 2.04. The Labute approximate surface area is 122 Å². The molecule has 0 spiro atoms. The summed E-state index contributed by atoms with van der Waals surface area (Å²) < 4.78 is 0.936. The largest absolute Gasteiger partial charge is 0.271 e. The van der Waals surface area contributed by atoms with Gasteiger partial charge in [0.25, 0.3) is 0 Å². The predicted molar refractivity (Wildman–Crippen MR) is 80.4 cm³/mol. The van der Waals surface area contributed by atoms with Gasteiger partial charge in [0, 0.05) is 10.5 Å².